The van der Waals surface area contributed by atoms with Crippen molar-refractivity contribution in [2.45, 2.75) is 328 Å². The minimum Gasteiger partial charge on any atom is -0.462 e. The first-order chi connectivity index (χ1) is 38.8. The van der Waals surface area contributed by atoms with Crippen molar-refractivity contribution in [2.75, 3.05) is 26.4 Å². The highest BCUT2D eigenvalue weighted by Crippen LogP contribution is 2.43. The maximum atomic E-state index is 12.7. The van der Waals surface area contributed by atoms with Crippen LogP contribution in [0.5, 0.6) is 0 Å². The van der Waals surface area contributed by atoms with Crippen molar-refractivity contribution in [1.82, 2.24) is 0 Å². The summed E-state index contributed by atoms with van der Waals surface area (Å²) < 4.78 is 33.2. The second-order valence-corrected chi connectivity index (χ2v) is 23.8. The Kier molecular flexibility index (Phi) is 62.5. The standard InChI is InChI=1S/C69H126NO8P/c1-3-5-7-9-11-13-15-17-19-21-23-25-27-29-31-33-35-37-39-41-43-45-47-49-51-53-55-57-59-61-68(71)75-65-67(66-77-79(73,74)76-64-63-70)78-69(72)62-60-58-56-54-52-50-48-46-44-42-40-38-36-34-32-30-28-26-24-22-20-18-16-14-12-10-8-6-4-2/h6,8,12,14,18,20,24,26,30,32,36,38,67H,3-5,7,9-11,13,15-17,19,21-23,25,27-29,31,33-35,37,39-66,70H2,1-2H3,(H,73,74)/b8-6-,14-12-,20-18-,26-24-,32-30-,38-36-. The third-order valence-corrected chi connectivity index (χ3v) is 15.6. The fourth-order valence-electron chi connectivity index (χ4n) is 9.70. The summed E-state index contributed by atoms with van der Waals surface area (Å²) in [6.07, 6.45) is 84.1. The maximum Gasteiger partial charge on any atom is 0.472 e. The Labute approximate surface area is 488 Å². The van der Waals surface area contributed by atoms with E-state index in [2.05, 4.69) is 86.8 Å². The quantitative estimate of drug-likeness (QED) is 0.0264. The van der Waals surface area contributed by atoms with Gasteiger partial charge in [-0.05, 0) is 64.2 Å². The summed E-state index contributed by atoms with van der Waals surface area (Å²) in [6, 6.07) is 0. The van der Waals surface area contributed by atoms with Crippen LogP contribution in [0.4, 0.5) is 0 Å². The van der Waals surface area contributed by atoms with Gasteiger partial charge in [0.1, 0.15) is 6.61 Å². The third-order valence-electron chi connectivity index (χ3n) is 14.6. The van der Waals surface area contributed by atoms with Crippen molar-refractivity contribution in [2.24, 2.45) is 5.73 Å². The molecule has 0 spiro atoms. The minimum atomic E-state index is -4.39. The molecule has 2 unspecified atom stereocenters. The highest BCUT2D eigenvalue weighted by molar-refractivity contribution is 7.47. The number of rotatable bonds is 63. The summed E-state index contributed by atoms with van der Waals surface area (Å²) in [5.74, 6) is -0.821. The number of hydrogen-bond donors (Lipinski definition) is 2. The lowest BCUT2D eigenvalue weighted by Gasteiger charge is -2.19. The number of allylic oxidation sites excluding steroid dienone is 12. The fourth-order valence-corrected chi connectivity index (χ4v) is 10.5. The zero-order valence-corrected chi connectivity index (χ0v) is 52.5. The highest BCUT2D eigenvalue weighted by atomic mass is 31.2. The summed E-state index contributed by atoms with van der Waals surface area (Å²) in [5.41, 5.74) is 5.40. The van der Waals surface area contributed by atoms with E-state index < -0.39 is 26.5 Å². The molecule has 0 radical (unpaired) electrons. The zero-order chi connectivity index (χ0) is 57.3. The van der Waals surface area contributed by atoms with Crippen LogP contribution in [0, 0.1) is 0 Å². The Morgan fingerprint density at radius 3 is 1.04 bits per heavy atom. The molecule has 0 amide bonds. The second-order valence-electron chi connectivity index (χ2n) is 22.3. The summed E-state index contributed by atoms with van der Waals surface area (Å²) in [7, 11) is -4.39. The Balaban J connectivity index is 3.90. The van der Waals surface area contributed by atoms with Crippen molar-refractivity contribution in [3.05, 3.63) is 72.9 Å². The summed E-state index contributed by atoms with van der Waals surface area (Å²) in [5, 5.41) is 0. The second kappa shape index (κ2) is 64.6. The van der Waals surface area contributed by atoms with Crippen molar-refractivity contribution in [1.29, 1.82) is 0 Å². The molecule has 0 aliphatic carbocycles. The van der Waals surface area contributed by atoms with E-state index in [1.165, 1.54) is 205 Å². The fraction of sp³-hybridized carbons (Fsp3) is 0.797. The third kappa shape index (κ3) is 64.5. The van der Waals surface area contributed by atoms with Gasteiger partial charge in [0.25, 0.3) is 0 Å². The van der Waals surface area contributed by atoms with E-state index in [0.717, 1.165) is 83.5 Å². The van der Waals surface area contributed by atoms with E-state index in [1.54, 1.807) is 0 Å². The van der Waals surface area contributed by atoms with Crippen molar-refractivity contribution in [3.63, 3.8) is 0 Å². The number of unbranched alkanes of at least 4 members (excludes halogenated alkanes) is 38. The van der Waals surface area contributed by atoms with Crippen LogP contribution in [0.3, 0.4) is 0 Å². The number of ether oxygens (including phenoxy) is 2. The molecule has 10 heteroatoms. The molecule has 0 aromatic carbocycles. The van der Waals surface area contributed by atoms with Gasteiger partial charge in [0.2, 0.25) is 0 Å². The topological polar surface area (TPSA) is 134 Å². The van der Waals surface area contributed by atoms with Crippen LogP contribution in [-0.2, 0) is 32.7 Å². The molecule has 0 heterocycles. The van der Waals surface area contributed by atoms with E-state index in [4.69, 9.17) is 24.3 Å². The Bertz CT molecular complexity index is 1520. The zero-order valence-electron chi connectivity index (χ0n) is 51.6. The lowest BCUT2D eigenvalue weighted by atomic mass is 10.0. The number of carbonyl (C=O) groups is 2. The summed E-state index contributed by atoms with van der Waals surface area (Å²) in [4.78, 5) is 35.3. The molecular formula is C69H126NO8P. The van der Waals surface area contributed by atoms with Gasteiger partial charge in [-0.15, -0.1) is 0 Å². The van der Waals surface area contributed by atoms with Gasteiger partial charge in [0.05, 0.1) is 13.2 Å². The van der Waals surface area contributed by atoms with Gasteiger partial charge in [-0.25, -0.2) is 4.57 Å². The van der Waals surface area contributed by atoms with Crippen LogP contribution in [0.2, 0.25) is 0 Å². The van der Waals surface area contributed by atoms with Crippen LogP contribution in [-0.4, -0.2) is 49.3 Å². The molecule has 0 rings (SSSR count). The number of phosphoric acid groups is 1. The monoisotopic (exact) mass is 1130 g/mol. The van der Waals surface area contributed by atoms with Crippen molar-refractivity contribution < 1.29 is 37.6 Å². The predicted molar refractivity (Wildman–Crippen MR) is 339 cm³/mol. The SMILES string of the molecule is CC/C=C\C/C=C\C/C=C\C/C=C\C/C=C\C/C=C\CCCCCCCCCCCCC(=O)OC(COC(=O)CCCCCCCCCCCCCCCCCCCCCCCCCCCCCCC)COP(=O)(O)OCCN. The summed E-state index contributed by atoms with van der Waals surface area (Å²) >= 11 is 0. The molecule has 0 aromatic rings. The van der Waals surface area contributed by atoms with Gasteiger partial charge in [-0.2, -0.15) is 0 Å². The largest absolute Gasteiger partial charge is 0.472 e. The smallest absolute Gasteiger partial charge is 0.462 e. The Morgan fingerprint density at radius 2 is 0.696 bits per heavy atom. The van der Waals surface area contributed by atoms with E-state index in [0.29, 0.717) is 6.42 Å². The van der Waals surface area contributed by atoms with Gasteiger partial charge < -0.3 is 20.1 Å². The first-order valence-electron chi connectivity index (χ1n) is 33.4. The predicted octanol–water partition coefficient (Wildman–Crippen LogP) is 21.6. The number of hydrogen-bond acceptors (Lipinski definition) is 8. The molecule has 460 valence electrons. The lowest BCUT2D eigenvalue weighted by molar-refractivity contribution is -0.161. The molecule has 0 fully saturated rings. The average Bonchev–Trinajstić information content (AvgIpc) is 3.44. The number of esters is 2. The molecule has 79 heavy (non-hydrogen) atoms. The van der Waals surface area contributed by atoms with Crippen LogP contribution in [0.25, 0.3) is 0 Å². The van der Waals surface area contributed by atoms with Gasteiger partial charge in [0.15, 0.2) is 6.10 Å². The normalized spacial score (nSPS) is 13.4. The molecule has 0 aromatic heterocycles. The molecule has 9 nitrogen and oxygen atoms in total. The lowest BCUT2D eigenvalue weighted by Crippen LogP contribution is -2.29. The molecular weight excluding hydrogens is 1000 g/mol. The van der Waals surface area contributed by atoms with Crippen LogP contribution >= 0.6 is 7.82 Å². The molecule has 0 saturated heterocycles. The van der Waals surface area contributed by atoms with Gasteiger partial charge >= 0.3 is 19.8 Å². The Morgan fingerprint density at radius 1 is 0.392 bits per heavy atom. The summed E-state index contributed by atoms with van der Waals surface area (Å²) in [6.45, 7) is 3.67. The van der Waals surface area contributed by atoms with E-state index in [9.17, 15) is 19.0 Å². The van der Waals surface area contributed by atoms with Crippen molar-refractivity contribution in [3.8, 4) is 0 Å². The van der Waals surface area contributed by atoms with Crippen molar-refractivity contribution >= 4 is 19.8 Å². The molecule has 2 atom stereocenters. The number of carbonyl (C=O) groups excluding carboxylic acids is 2. The van der Waals surface area contributed by atoms with Crippen LogP contribution in [0.1, 0.15) is 322 Å². The number of phosphoric ester groups is 1. The van der Waals surface area contributed by atoms with Crippen LogP contribution < -0.4 is 5.73 Å². The first kappa shape index (κ1) is 76.5. The molecule has 0 aliphatic rings. The average molecular weight is 1130 g/mol. The molecule has 0 bridgehead atoms. The maximum absolute atomic E-state index is 12.7. The molecule has 0 saturated carbocycles. The Hall–Kier alpha value is -2.55. The molecule has 3 N–H and O–H groups in total. The van der Waals surface area contributed by atoms with Gasteiger partial charge in [0, 0.05) is 19.4 Å². The van der Waals surface area contributed by atoms with Gasteiger partial charge in [-0.3, -0.25) is 18.6 Å². The first-order valence-corrected chi connectivity index (χ1v) is 34.9. The van der Waals surface area contributed by atoms with E-state index >= 15 is 0 Å². The van der Waals surface area contributed by atoms with Gasteiger partial charge in [-0.1, -0.05) is 318 Å². The highest BCUT2D eigenvalue weighted by Gasteiger charge is 2.26. The van der Waals surface area contributed by atoms with E-state index in [-0.39, 0.29) is 38.6 Å². The van der Waals surface area contributed by atoms with E-state index in [1.807, 2.05) is 0 Å². The minimum absolute atomic E-state index is 0.0515. The molecule has 0 aliphatic heterocycles. The van der Waals surface area contributed by atoms with Crippen LogP contribution in [0.15, 0.2) is 72.9 Å². The number of nitrogens with two attached hydrogens (primary N) is 1.